The molecule has 0 spiro atoms. The lowest BCUT2D eigenvalue weighted by molar-refractivity contribution is 0.0215. The number of alkyl halides is 2. The minimum Gasteiger partial charge on any atom is -0.478 e. The molecular formula is C11H13F2NO3. The highest BCUT2D eigenvalue weighted by Gasteiger charge is 2.08. The molecule has 1 aromatic rings. The van der Waals surface area contributed by atoms with Crippen molar-refractivity contribution in [2.75, 3.05) is 25.1 Å². The molecule has 0 radical (unpaired) electrons. The Labute approximate surface area is 97.2 Å². The number of halogens is 2. The number of benzene rings is 1. The normalized spacial score (nSPS) is 10.5. The maximum atomic E-state index is 11.7. The fourth-order valence-corrected chi connectivity index (χ4v) is 1.25. The summed E-state index contributed by atoms with van der Waals surface area (Å²) in [4.78, 5) is 10.8. The average Bonchev–Trinajstić information content (AvgIpc) is 2.28. The molecule has 1 rings (SSSR count). The van der Waals surface area contributed by atoms with E-state index in [-0.39, 0.29) is 18.7 Å². The summed E-state index contributed by atoms with van der Waals surface area (Å²) < 4.78 is 28.1. The van der Waals surface area contributed by atoms with Crippen molar-refractivity contribution in [2.24, 2.45) is 0 Å². The Hall–Kier alpha value is -1.69. The molecule has 0 aromatic heterocycles. The van der Waals surface area contributed by atoms with E-state index in [0.29, 0.717) is 5.69 Å². The number of para-hydroxylation sites is 1. The second-order valence-corrected chi connectivity index (χ2v) is 3.24. The standard InChI is InChI=1S/C11H13F2NO3/c12-10(13)7-17-6-5-14-9-4-2-1-3-8(9)11(15)16/h1-4,10,14H,5-7H2,(H,15,16). The molecule has 0 amide bonds. The quantitative estimate of drug-likeness (QED) is 0.722. The van der Waals surface area contributed by atoms with Gasteiger partial charge in [0.1, 0.15) is 6.61 Å². The predicted octanol–water partition coefficient (Wildman–Crippen LogP) is 2.08. The topological polar surface area (TPSA) is 58.6 Å². The van der Waals surface area contributed by atoms with Crippen LogP contribution in [0.4, 0.5) is 14.5 Å². The van der Waals surface area contributed by atoms with Crippen molar-refractivity contribution in [2.45, 2.75) is 6.43 Å². The maximum Gasteiger partial charge on any atom is 0.337 e. The molecule has 0 saturated heterocycles. The number of aromatic carboxylic acids is 1. The highest BCUT2D eigenvalue weighted by Crippen LogP contribution is 2.14. The summed E-state index contributed by atoms with van der Waals surface area (Å²) in [5.74, 6) is -1.04. The molecule has 0 aliphatic rings. The fraction of sp³-hybridized carbons (Fsp3) is 0.364. The van der Waals surface area contributed by atoms with Crippen molar-refractivity contribution in [3.05, 3.63) is 29.8 Å². The highest BCUT2D eigenvalue weighted by molar-refractivity contribution is 5.94. The first-order chi connectivity index (χ1) is 8.11. The Morgan fingerprint density at radius 3 is 2.76 bits per heavy atom. The number of ether oxygens (including phenoxy) is 1. The zero-order chi connectivity index (χ0) is 12.7. The van der Waals surface area contributed by atoms with Crippen molar-refractivity contribution in [3.8, 4) is 0 Å². The van der Waals surface area contributed by atoms with Crippen molar-refractivity contribution < 1.29 is 23.4 Å². The van der Waals surface area contributed by atoms with Crippen LogP contribution in [0.15, 0.2) is 24.3 Å². The highest BCUT2D eigenvalue weighted by atomic mass is 19.3. The third kappa shape index (κ3) is 4.78. The van der Waals surface area contributed by atoms with Crippen LogP contribution in [-0.4, -0.2) is 37.3 Å². The van der Waals surface area contributed by atoms with Gasteiger partial charge >= 0.3 is 5.97 Å². The van der Waals surface area contributed by atoms with Crippen LogP contribution in [-0.2, 0) is 4.74 Å². The summed E-state index contributed by atoms with van der Waals surface area (Å²) in [6, 6.07) is 6.37. The van der Waals surface area contributed by atoms with Gasteiger partial charge in [-0.2, -0.15) is 0 Å². The molecule has 4 nitrogen and oxygen atoms in total. The van der Waals surface area contributed by atoms with E-state index in [1.807, 2.05) is 0 Å². The van der Waals surface area contributed by atoms with Gasteiger partial charge in [-0.25, -0.2) is 13.6 Å². The Balaban J connectivity index is 2.39. The number of carboxylic acids is 1. The van der Waals surface area contributed by atoms with Crippen molar-refractivity contribution in [3.63, 3.8) is 0 Å². The first-order valence-corrected chi connectivity index (χ1v) is 5.03. The van der Waals surface area contributed by atoms with Gasteiger partial charge in [-0.15, -0.1) is 0 Å². The second kappa shape index (κ2) is 6.80. The molecule has 2 N–H and O–H groups in total. The van der Waals surface area contributed by atoms with Crippen molar-refractivity contribution in [1.82, 2.24) is 0 Å². The second-order valence-electron chi connectivity index (χ2n) is 3.24. The summed E-state index contributed by atoms with van der Waals surface area (Å²) in [7, 11) is 0. The van der Waals surface area contributed by atoms with Crippen LogP contribution in [0.2, 0.25) is 0 Å². The van der Waals surface area contributed by atoms with E-state index < -0.39 is 19.0 Å². The fourth-order valence-electron chi connectivity index (χ4n) is 1.25. The van der Waals surface area contributed by atoms with Crippen LogP contribution < -0.4 is 5.32 Å². The molecule has 0 bridgehead atoms. The first kappa shape index (κ1) is 13.4. The van der Waals surface area contributed by atoms with Gasteiger partial charge in [0.05, 0.1) is 12.2 Å². The Morgan fingerprint density at radius 2 is 2.12 bits per heavy atom. The summed E-state index contributed by atoms with van der Waals surface area (Å²) in [5, 5.41) is 11.7. The third-order valence-electron chi connectivity index (χ3n) is 1.96. The van der Waals surface area contributed by atoms with Gasteiger partial charge in [-0.3, -0.25) is 0 Å². The number of nitrogens with one attached hydrogen (secondary N) is 1. The average molecular weight is 245 g/mol. The molecule has 6 heteroatoms. The van der Waals surface area contributed by atoms with E-state index in [1.165, 1.54) is 6.07 Å². The first-order valence-electron chi connectivity index (χ1n) is 5.03. The maximum absolute atomic E-state index is 11.7. The summed E-state index contributed by atoms with van der Waals surface area (Å²) in [6.07, 6.45) is -2.48. The lowest BCUT2D eigenvalue weighted by atomic mass is 10.2. The smallest absolute Gasteiger partial charge is 0.337 e. The van der Waals surface area contributed by atoms with Gasteiger partial charge in [0.15, 0.2) is 0 Å². The van der Waals surface area contributed by atoms with Crippen molar-refractivity contribution >= 4 is 11.7 Å². The summed E-state index contributed by atoms with van der Waals surface area (Å²) >= 11 is 0. The molecular weight excluding hydrogens is 232 g/mol. The summed E-state index contributed by atoms with van der Waals surface area (Å²) in [5.41, 5.74) is 0.585. The number of anilines is 1. The molecule has 94 valence electrons. The molecule has 1 aromatic carbocycles. The number of carbonyl (C=O) groups is 1. The molecule has 0 unspecified atom stereocenters. The lowest BCUT2D eigenvalue weighted by Crippen LogP contribution is -2.14. The molecule has 17 heavy (non-hydrogen) atoms. The summed E-state index contributed by atoms with van der Waals surface area (Å²) in [6.45, 7) is -0.239. The van der Waals surface area contributed by atoms with Gasteiger partial charge in [-0.05, 0) is 12.1 Å². The molecule has 0 heterocycles. The van der Waals surface area contributed by atoms with Crippen LogP contribution in [0, 0.1) is 0 Å². The Morgan fingerprint density at radius 1 is 1.41 bits per heavy atom. The Bertz CT molecular complexity index is 371. The molecule has 0 aliphatic heterocycles. The monoisotopic (exact) mass is 245 g/mol. The van der Waals surface area contributed by atoms with Gasteiger partial charge in [0, 0.05) is 12.2 Å². The van der Waals surface area contributed by atoms with E-state index in [4.69, 9.17) is 5.11 Å². The van der Waals surface area contributed by atoms with Crippen LogP contribution in [0.25, 0.3) is 0 Å². The van der Waals surface area contributed by atoms with E-state index >= 15 is 0 Å². The zero-order valence-electron chi connectivity index (χ0n) is 9.03. The van der Waals surface area contributed by atoms with E-state index in [9.17, 15) is 13.6 Å². The van der Waals surface area contributed by atoms with Gasteiger partial charge < -0.3 is 15.2 Å². The van der Waals surface area contributed by atoms with Crippen LogP contribution in [0.5, 0.6) is 0 Å². The van der Waals surface area contributed by atoms with Gasteiger partial charge in [0.2, 0.25) is 0 Å². The van der Waals surface area contributed by atoms with Gasteiger partial charge in [-0.1, -0.05) is 12.1 Å². The number of hydrogen-bond acceptors (Lipinski definition) is 3. The number of rotatable bonds is 7. The molecule has 0 aliphatic carbocycles. The van der Waals surface area contributed by atoms with Crippen LogP contribution in [0.3, 0.4) is 0 Å². The lowest BCUT2D eigenvalue weighted by Gasteiger charge is -2.09. The van der Waals surface area contributed by atoms with E-state index in [0.717, 1.165) is 0 Å². The minimum absolute atomic E-state index is 0.0955. The van der Waals surface area contributed by atoms with Crippen LogP contribution >= 0.6 is 0 Å². The third-order valence-corrected chi connectivity index (χ3v) is 1.96. The Kier molecular flexibility index (Phi) is 5.35. The van der Waals surface area contributed by atoms with Crippen LogP contribution in [0.1, 0.15) is 10.4 Å². The number of hydrogen-bond donors (Lipinski definition) is 2. The molecule has 0 fully saturated rings. The van der Waals surface area contributed by atoms with Gasteiger partial charge in [0.25, 0.3) is 6.43 Å². The largest absolute Gasteiger partial charge is 0.478 e. The molecule has 0 saturated carbocycles. The van der Waals surface area contributed by atoms with E-state index in [2.05, 4.69) is 10.1 Å². The minimum atomic E-state index is -2.48. The molecule has 0 atom stereocenters. The number of carboxylic acid groups (broad SMARTS) is 1. The zero-order valence-corrected chi connectivity index (χ0v) is 9.03. The predicted molar refractivity (Wildman–Crippen MR) is 58.7 cm³/mol. The SMILES string of the molecule is O=C(O)c1ccccc1NCCOCC(F)F. The van der Waals surface area contributed by atoms with Crippen molar-refractivity contribution in [1.29, 1.82) is 0 Å². The van der Waals surface area contributed by atoms with E-state index in [1.54, 1.807) is 18.2 Å².